The summed E-state index contributed by atoms with van der Waals surface area (Å²) < 4.78 is 6.78. The Bertz CT molecular complexity index is 3230. The Hall–Kier alpha value is -7.42. The summed E-state index contributed by atoms with van der Waals surface area (Å²) >= 11 is 0. The molecule has 10 aromatic carbocycles. The highest BCUT2D eigenvalue weighted by molar-refractivity contribution is 6.13. The van der Waals surface area contributed by atoms with Gasteiger partial charge >= 0.3 is 0 Å². The lowest BCUT2D eigenvalue weighted by Crippen LogP contribution is -2.10. The normalized spacial score (nSPS) is 11.6. The van der Waals surface area contributed by atoms with Crippen LogP contribution in [0.25, 0.3) is 87.6 Å². The lowest BCUT2D eigenvalue weighted by atomic mass is 9.97. The molecule has 0 radical (unpaired) electrons. The van der Waals surface area contributed by atoms with Gasteiger partial charge in [-0.3, -0.25) is 0 Å². The van der Waals surface area contributed by atoms with E-state index in [1.54, 1.807) is 0 Å². The van der Waals surface area contributed by atoms with Crippen LogP contribution in [-0.4, -0.2) is 0 Å². The minimum Gasteiger partial charge on any atom is -0.455 e. The topological polar surface area (TPSA) is 16.4 Å². The van der Waals surface area contributed by atoms with Crippen LogP contribution in [0.1, 0.15) is 0 Å². The van der Waals surface area contributed by atoms with Crippen molar-refractivity contribution in [2.45, 2.75) is 0 Å². The number of hydrogen-bond donors (Lipinski definition) is 0. The van der Waals surface area contributed by atoms with Crippen molar-refractivity contribution in [1.29, 1.82) is 0 Å². The van der Waals surface area contributed by atoms with E-state index in [0.29, 0.717) is 0 Å². The summed E-state index contributed by atoms with van der Waals surface area (Å²) in [5, 5.41) is 9.70. The van der Waals surface area contributed by atoms with E-state index in [0.717, 1.165) is 61.3 Å². The quantitative estimate of drug-likeness (QED) is 0.160. The fraction of sp³-hybridized carbons (Fsp3) is 0. The molecule has 11 rings (SSSR count). The molecule has 2 heteroatoms. The molecule has 0 saturated heterocycles. The van der Waals surface area contributed by atoms with E-state index in [2.05, 4.69) is 217 Å². The van der Waals surface area contributed by atoms with Gasteiger partial charge in [-0.1, -0.05) is 176 Å². The van der Waals surface area contributed by atoms with Crippen molar-refractivity contribution in [3.63, 3.8) is 0 Å². The van der Waals surface area contributed by atoms with Crippen LogP contribution in [0.2, 0.25) is 0 Å². The van der Waals surface area contributed by atoms with Crippen molar-refractivity contribution in [2.24, 2.45) is 0 Å². The zero-order valence-electron chi connectivity index (χ0n) is 30.6. The van der Waals surface area contributed by atoms with Crippen LogP contribution in [0, 0.1) is 0 Å². The van der Waals surface area contributed by atoms with Crippen molar-refractivity contribution in [1.82, 2.24) is 0 Å². The highest BCUT2D eigenvalue weighted by Crippen LogP contribution is 2.42. The van der Waals surface area contributed by atoms with Crippen molar-refractivity contribution in [3.05, 3.63) is 212 Å². The number of anilines is 3. The van der Waals surface area contributed by atoms with Gasteiger partial charge in [-0.15, -0.1) is 0 Å². The van der Waals surface area contributed by atoms with Crippen LogP contribution in [0.4, 0.5) is 17.1 Å². The molecule has 0 amide bonds. The van der Waals surface area contributed by atoms with Gasteiger partial charge in [-0.2, -0.15) is 0 Å². The predicted octanol–water partition coefficient (Wildman–Crippen LogP) is 15.5. The molecule has 56 heavy (non-hydrogen) atoms. The van der Waals surface area contributed by atoms with Gasteiger partial charge in [-0.05, 0) is 91.0 Å². The molecule has 11 aromatic rings. The molecule has 0 atom stereocenters. The number of rotatable bonds is 6. The molecule has 0 fully saturated rings. The Labute approximate surface area is 325 Å². The van der Waals surface area contributed by atoms with E-state index in [-0.39, 0.29) is 0 Å². The van der Waals surface area contributed by atoms with Crippen molar-refractivity contribution in [3.8, 4) is 33.4 Å². The molecule has 1 aromatic heterocycles. The first-order valence-corrected chi connectivity index (χ1v) is 19.2. The van der Waals surface area contributed by atoms with E-state index in [1.807, 2.05) is 0 Å². The summed E-state index contributed by atoms with van der Waals surface area (Å²) in [6.45, 7) is 0. The number of nitrogens with zero attached hydrogens (tertiary/aromatic N) is 1. The fourth-order valence-corrected chi connectivity index (χ4v) is 8.53. The van der Waals surface area contributed by atoms with E-state index >= 15 is 0 Å². The number of benzene rings is 10. The molecule has 0 N–H and O–H groups in total. The lowest BCUT2D eigenvalue weighted by molar-refractivity contribution is 0.671. The summed E-state index contributed by atoms with van der Waals surface area (Å²) in [5.41, 5.74) is 12.0. The summed E-state index contributed by atoms with van der Waals surface area (Å²) in [6.07, 6.45) is 0. The molecule has 0 aliphatic heterocycles. The van der Waals surface area contributed by atoms with Crippen molar-refractivity contribution >= 4 is 71.3 Å². The van der Waals surface area contributed by atoms with Gasteiger partial charge in [0.15, 0.2) is 0 Å². The average molecular weight is 714 g/mol. The number of para-hydroxylation sites is 2. The number of furan rings is 1. The Morgan fingerprint density at radius 3 is 1.36 bits per heavy atom. The standard InChI is InChI=1S/C54H35NO/c1-2-11-37(12-3-1)48-19-9-21-50-51-22-10-20-49(54(51)56-53(48)50)40-27-32-43(33-28-40)55(44-34-29-41-24-23-38-14-5-7-17-47(38)52(41)35-44)42-30-25-39(26-31-42)46-18-8-15-36-13-4-6-16-45(36)46/h1-35H. The third-order valence-corrected chi connectivity index (χ3v) is 11.3. The second-order valence-corrected chi connectivity index (χ2v) is 14.5. The Morgan fingerprint density at radius 1 is 0.268 bits per heavy atom. The van der Waals surface area contributed by atoms with Gasteiger partial charge in [0.25, 0.3) is 0 Å². The van der Waals surface area contributed by atoms with Gasteiger partial charge in [0.2, 0.25) is 0 Å². The highest BCUT2D eigenvalue weighted by Gasteiger charge is 2.18. The zero-order valence-corrected chi connectivity index (χ0v) is 30.6. The fourth-order valence-electron chi connectivity index (χ4n) is 8.53. The minimum atomic E-state index is 0.904. The predicted molar refractivity (Wildman–Crippen MR) is 237 cm³/mol. The molecule has 2 nitrogen and oxygen atoms in total. The second kappa shape index (κ2) is 13.2. The van der Waals surface area contributed by atoms with Crippen molar-refractivity contribution < 1.29 is 4.42 Å². The molecule has 0 saturated carbocycles. The largest absolute Gasteiger partial charge is 0.455 e. The van der Waals surface area contributed by atoms with E-state index in [9.17, 15) is 0 Å². The third-order valence-electron chi connectivity index (χ3n) is 11.3. The number of fused-ring (bicyclic) bond motifs is 7. The second-order valence-electron chi connectivity index (χ2n) is 14.5. The maximum Gasteiger partial charge on any atom is 0.143 e. The summed E-state index contributed by atoms with van der Waals surface area (Å²) in [5.74, 6) is 0. The van der Waals surface area contributed by atoms with Gasteiger partial charge in [0, 0.05) is 39.0 Å². The molecule has 262 valence electrons. The molecule has 0 spiro atoms. The molecule has 0 unspecified atom stereocenters. The van der Waals surface area contributed by atoms with Crippen LogP contribution in [-0.2, 0) is 0 Å². The van der Waals surface area contributed by atoms with Crippen LogP contribution >= 0.6 is 0 Å². The first kappa shape index (κ1) is 32.0. The van der Waals surface area contributed by atoms with E-state index < -0.39 is 0 Å². The molecular formula is C54H35NO. The summed E-state index contributed by atoms with van der Waals surface area (Å²) in [6, 6.07) is 76.4. The molecule has 1 heterocycles. The Kier molecular flexibility index (Phi) is 7.53. The molecular weight excluding hydrogens is 679 g/mol. The smallest absolute Gasteiger partial charge is 0.143 e. The van der Waals surface area contributed by atoms with Crippen LogP contribution in [0.5, 0.6) is 0 Å². The average Bonchev–Trinajstić information content (AvgIpc) is 3.66. The molecule has 0 aliphatic carbocycles. The first-order valence-electron chi connectivity index (χ1n) is 19.2. The Balaban J connectivity index is 1.04. The maximum absolute atomic E-state index is 6.78. The van der Waals surface area contributed by atoms with Crippen LogP contribution in [0.15, 0.2) is 217 Å². The summed E-state index contributed by atoms with van der Waals surface area (Å²) in [4.78, 5) is 2.37. The Morgan fingerprint density at radius 2 is 0.696 bits per heavy atom. The van der Waals surface area contributed by atoms with Crippen LogP contribution in [0.3, 0.4) is 0 Å². The van der Waals surface area contributed by atoms with Gasteiger partial charge in [0.05, 0.1) is 0 Å². The SMILES string of the molecule is c1ccc(-c2cccc3c2oc2c(-c4ccc(N(c5ccc(-c6cccc7ccccc67)cc5)c5ccc6ccc7ccccc7c6c5)cc4)cccc23)cc1. The van der Waals surface area contributed by atoms with Gasteiger partial charge in [0.1, 0.15) is 11.2 Å². The van der Waals surface area contributed by atoms with Gasteiger partial charge in [-0.25, -0.2) is 0 Å². The monoisotopic (exact) mass is 713 g/mol. The third kappa shape index (κ3) is 5.34. The molecule has 0 bridgehead atoms. The maximum atomic E-state index is 6.78. The van der Waals surface area contributed by atoms with E-state index in [1.165, 1.54) is 43.4 Å². The van der Waals surface area contributed by atoms with E-state index in [4.69, 9.17) is 4.42 Å². The van der Waals surface area contributed by atoms with Gasteiger partial charge < -0.3 is 9.32 Å². The lowest BCUT2D eigenvalue weighted by Gasteiger charge is -2.26. The minimum absolute atomic E-state index is 0.904. The zero-order chi connectivity index (χ0) is 37.0. The highest BCUT2D eigenvalue weighted by atomic mass is 16.3. The summed E-state index contributed by atoms with van der Waals surface area (Å²) in [7, 11) is 0. The first-order chi connectivity index (χ1) is 27.8. The number of hydrogen-bond acceptors (Lipinski definition) is 2. The van der Waals surface area contributed by atoms with Crippen LogP contribution < -0.4 is 4.90 Å². The van der Waals surface area contributed by atoms with Crippen molar-refractivity contribution in [2.75, 3.05) is 4.90 Å². The molecule has 0 aliphatic rings.